The van der Waals surface area contributed by atoms with E-state index < -0.39 is 11.9 Å². The average molecular weight is 471 g/mol. The number of carbonyl (C=O) groups excluding carboxylic acids is 3. The number of carbonyl (C=O) groups is 3. The number of imide groups is 1. The van der Waals surface area contributed by atoms with E-state index in [1.807, 2.05) is 0 Å². The van der Waals surface area contributed by atoms with Crippen LogP contribution in [-0.4, -0.2) is 28.6 Å². The van der Waals surface area contributed by atoms with Crippen LogP contribution in [0.3, 0.4) is 0 Å². The molecule has 1 fully saturated rings. The smallest absolute Gasteiger partial charge is 0.294 e. The molecule has 3 rings (SSSR count). The molecule has 29 heavy (non-hydrogen) atoms. The molecule has 2 aromatic carbocycles. The third-order valence-corrected chi connectivity index (χ3v) is 5.49. The zero-order chi connectivity index (χ0) is 21.0. The van der Waals surface area contributed by atoms with Gasteiger partial charge >= 0.3 is 0 Å². The first-order valence-corrected chi connectivity index (χ1v) is 9.91. The number of benzene rings is 2. The number of nitrogens with zero attached hydrogens (tertiary/aromatic N) is 1. The number of aromatic carboxylic acids is 1. The molecule has 1 saturated heterocycles. The van der Waals surface area contributed by atoms with Crippen molar-refractivity contribution in [1.82, 2.24) is 4.90 Å². The summed E-state index contributed by atoms with van der Waals surface area (Å²) in [5.41, 5.74) is 1.62. The van der Waals surface area contributed by atoms with Gasteiger partial charge in [0.05, 0.1) is 21.9 Å². The summed E-state index contributed by atoms with van der Waals surface area (Å²) in [4.78, 5) is 36.2. The van der Waals surface area contributed by atoms with Crippen LogP contribution in [-0.2, 0) is 11.4 Å². The Labute approximate surface area is 179 Å². The van der Waals surface area contributed by atoms with E-state index in [1.54, 1.807) is 36.4 Å². The first-order chi connectivity index (χ1) is 13.9. The van der Waals surface area contributed by atoms with Gasteiger partial charge in [-0.1, -0.05) is 36.3 Å². The van der Waals surface area contributed by atoms with Crippen LogP contribution in [0.4, 0.5) is 4.79 Å². The van der Waals surface area contributed by atoms with Crippen LogP contribution >= 0.6 is 27.7 Å². The summed E-state index contributed by atoms with van der Waals surface area (Å²) in [6.45, 7) is 0.193. The Morgan fingerprint density at radius 3 is 2.59 bits per heavy atom. The summed E-state index contributed by atoms with van der Waals surface area (Å²) >= 11 is 4.28. The minimum Gasteiger partial charge on any atom is -0.545 e. The van der Waals surface area contributed by atoms with Crippen molar-refractivity contribution < 1.29 is 24.2 Å². The van der Waals surface area contributed by atoms with Gasteiger partial charge in [0, 0.05) is 0 Å². The molecule has 0 aromatic heterocycles. The van der Waals surface area contributed by atoms with Gasteiger partial charge in [-0.15, -0.1) is 6.42 Å². The van der Waals surface area contributed by atoms with Gasteiger partial charge in [-0.05, 0) is 62.6 Å². The van der Waals surface area contributed by atoms with Gasteiger partial charge in [-0.3, -0.25) is 14.5 Å². The van der Waals surface area contributed by atoms with Gasteiger partial charge in [0.2, 0.25) is 0 Å². The molecular weight excluding hydrogens is 458 g/mol. The maximum Gasteiger partial charge on any atom is 0.294 e. The van der Waals surface area contributed by atoms with Crippen molar-refractivity contribution >= 4 is 50.9 Å². The highest BCUT2D eigenvalue weighted by molar-refractivity contribution is 9.10. The van der Waals surface area contributed by atoms with E-state index in [4.69, 9.17) is 11.2 Å². The van der Waals surface area contributed by atoms with Crippen molar-refractivity contribution in [3.8, 4) is 18.1 Å². The zero-order valence-corrected chi connectivity index (χ0v) is 17.3. The predicted octanol–water partition coefficient (Wildman–Crippen LogP) is 3.06. The van der Waals surface area contributed by atoms with Crippen molar-refractivity contribution in [3.05, 3.63) is 68.5 Å². The second-order valence-corrected chi connectivity index (χ2v) is 7.78. The Morgan fingerprint density at radius 1 is 1.24 bits per heavy atom. The number of hydrogen-bond acceptors (Lipinski definition) is 6. The van der Waals surface area contributed by atoms with Gasteiger partial charge < -0.3 is 14.6 Å². The summed E-state index contributed by atoms with van der Waals surface area (Å²) < 4.78 is 6.42. The van der Waals surface area contributed by atoms with E-state index in [0.717, 1.165) is 22.2 Å². The molecule has 1 aliphatic rings. The fourth-order valence-electron chi connectivity index (χ4n) is 2.50. The molecule has 0 bridgehead atoms. The van der Waals surface area contributed by atoms with Crippen LogP contribution < -0.4 is 9.84 Å². The Balaban J connectivity index is 1.69. The van der Waals surface area contributed by atoms with E-state index in [-0.39, 0.29) is 24.0 Å². The standard InChI is InChI=1S/C21H14BrNO5S/c1-2-9-23-19(24)18(29-21(23)27)11-14-5-8-17(16(22)10-14)28-12-13-3-6-15(7-4-13)20(25)26/h1,3-8,10-11H,9,12H2,(H,25,26)/p-1/b18-11-. The fourth-order valence-corrected chi connectivity index (χ4v) is 3.85. The Bertz CT molecular complexity index is 1060. The fraction of sp³-hybridized carbons (Fsp3) is 0.0952. The lowest BCUT2D eigenvalue weighted by Crippen LogP contribution is -2.28. The molecule has 0 radical (unpaired) electrons. The second-order valence-electron chi connectivity index (χ2n) is 5.93. The van der Waals surface area contributed by atoms with Crippen LogP contribution in [0.25, 0.3) is 6.08 Å². The van der Waals surface area contributed by atoms with Gasteiger partial charge in [-0.2, -0.15) is 0 Å². The normalized spacial score (nSPS) is 14.9. The van der Waals surface area contributed by atoms with Crippen molar-refractivity contribution in [1.29, 1.82) is 0 Å². The second kappa shape index (κ2) is 8.99. The average Bonchev–Trinajstić information content (AvgIpc) is 2.95. The Hall–Kier alpha value is -3.02. The van der Waals surface area contributed by atoms with Crippen molar-refractivity contribution in [2.24, 2.45) is 0 Å². The third-order valence-electron chi connectivity index (χ3n) is 3.96. The largest absolute Gasteiger partial charge is 0.545 e. The zero-order valence-electron chi connectivity index (χ0n) is 14.9. The van der Waals surface area contributed by atoms with E-state index in [2.05, 4.69) is 21.9 Å². The van der Waals surface area contributed by atoms with Gasteiger partial charge in [0.25, 0.3) is 11.1 Å². The minimum absolute atomic E-state index is 0.0531. The summed E-state index contributed by atoms with van der Waals surface area (Å²) in [5.74, 6) is 1.23. The van der Waals surface area contributed by atoms with Crippen LogP contribution in [0.15, 0.2) is 51.8 Å². The van der Waals surface area contributed by atoms with E-state index >= 15 is 0 Å². The number of halogens is 1. The topological polar surface area (TPSA) is 86.7 Å². The molecule has 1 heterocycles. The molecule has 0 unspecified atom stereocenters. The first-order valence-electron chi connectivity index (χ1n) is 8.30. The van der Waals surface area contributed by atoms with Gasteiger partial charge in [-0.25, -0.2) is 0 Å². The predicted molar refractivity (Wildman–Crippen MR) is 111 cm³/mol. The summed E-state index contributed by atoms with van der Waals surface area (Å²) in [6.07, 6.45) is 6.80. The Kier molecular flexibility index (Phi) is 6.42. The minimum atomic E-state index is -1.23. The lowest BCUT2D eigenvalue weighted by Gasteiger charge is -2.10. The molecule has 0 saturated carbocycles. The molecule has 2 aromatic rings. The molecular formula is C21H13BrNO5S-. The Morgan fingerprint density at radius 2 is 1.97 bits per heavy atom. The maximum absolute atomic E-state index is 12.2. The number of terminal acetylenes is 1. The van der Waals surface area contributed by atoms with Crippen molar-refractivity contribution in [3.63, 3.8) is 0 Å². The lowest BCUT2D eigenvalue weighted by molar-refractivity contribution is -0.255. The highest BCUT2D eigenvalue weighted by Crippen LogP contribution is 2.33. The summed E-state index contributed by atoms with van der Waals surface area (Å²) in [7, 11) is 0. The third kappa shape index (κ3) is 4.88. The van der Waals surface area contributed by atoms with E-state index in [1.165, 1.54) is 12.1 Å². The van der Waals surface area contributed by atoms with E-state index in [0.29, 0.717) is 20.7 Å². The van der Waals surface area contributed by atoms with Gasteiger partial charge in [0.1, 0.15) is 12.4 Å². The van der Waals surface area contributed by atoms with E-state index in [9.17, 15) is 19.5 Å². The van der Waals surface area contributed by atoms with Crippen LogP contribution in [0.1, 0.15) is 21.5 Å². The van der Waals surface area contributed by atoms with Crippen LogP contribution in [0.2, 0.25) is 0 Å². The number of carboxylic acid groups (broad SMARTS) is 1. The molecule has 2 amide bonds. The number of amides is 2. The molecule has 146 valence electrons. The molecule has 1 aliphatic heterocycles. The highest BCUT2D eigenvalue weighted by atomic mass is 79.9. The molecule has 6 nitrogen and oxygen atoms in total. The molecule has 0 N–H and O–H groups in total. The van der Waals surface area contributed by atoms with Crippen LogP contribution in [0, 0.1) is 12.3 Å². The number of rotatable bonds is 6. The molecule has 8 heteroatoms. The number of thioether (sulfide) groups is 1. The SMILES string of the molecule is C#CCN1C(=O)S/C(=C\c2ccc(OCc3ccc(C(=O)[O-])cc3)c(Br)c2)C1=O. The first kappa shape index (κ1) is 20.7. The highest BCUT2D eigenvalue weighted by Gasteiger charge is 2.34. The number of carboxylic acids is 1. The molecule has 0 atom stereocenters. The maximum atomic E-state index is 12.2. The summed E-state index contributed by atoms with van der Waals surface area (Å²) in [5, 5.41) is 10.4. The number of hydrogen-bond donors (Lipinski definition) is 0. The van der Waals surface area contributed by atoms with Crippen molar-refractivity contribution in [2.75, 3.05) is 6.54 Å². The summed E-state index contributed by atoms with van der Waals surface area (Å²) in [6, 6.07) is 11.5. The lowest BCUT2D eigenvalue weighted by atomic mass is 10.1. The van der Waals surface area contributed by atoms with Gasteiger partial charge in [0.15, 0.2) is 0 Å². The number of ether oxygens (including phenoxy) is 1. The molecule has 0 spiro atoms. The van der Waals surface area contributed by atoms with Crippen LogP contribution in [0.5, 0.6) is 5.75 Å². The van der Waals surface area contributed by atoms with Crippen molar-refractivity contribution in [2.45, 2.75) is 6.61 Å². The quantitative estimate of drug-likeness (QED) is 0.476. The molecule has 0 aliphatic carbocycles. The monoisotopic (exact) mass is 470 g/mol.